The summed E-state index contributed by atoms with van der Waals surface area (Å²) in [6.45, 7) is 1.69. The average Bonchev–Trinajstić information content (AvgIpc) is 3.57. The third kappa shape index (κ3) is 5.02. The van der Waals surface area contributed by atoms with Gasteiger partial charge in [-0.05, 0) is 48.4 Å². The van der Waals surface area contributed by atoms with Gasteiger partial charge in [0.05, 0.1) is 11.6 Å². The minimum Gasteiger partial charge on any atom is -0.503 e. The van der Waals surface area contributed by atoms with Crippen LogP contribution in [0, 0.1) is 6.92 Å². The van der Waals surface area contributed by atoms with Gasteiger partial charge in [0.25, 0.3) is 5.91 Å². The highest BCUT2D eigenvalue weighted by Crippen LogP contribution is 2.46. The van der Waals surface area contributed by atoms with Gasteiger partial charge in [0.2, 0.25) is 10.9 Å². The molecular weight excluding hydrogens is 577 g/mol. The molecule has 0 spiro atoms. The Bertz CT molecular complexity index is 1570. The lowest BCUT2D eigenvalue weighted by molar-refractivity contribution is -0.117. The van der Waals surface area contributed by atoms with Crippen molar-refractivity contribution in [1.82, 2.24) is 10.2 Å². The molecule has 3 heterocycles. The predicted octanol–water partition coefficient (Wildman–Crippen LogP) is 7.47. The zero-order valence-electron chi connectivity index (χ0n) is 18.9. The van der Waals surface area contributed by atoms with Gasteiger partial charge in [-0.25, -0.2) is 0 Å². The van der Waals surface area contributed by atoms with E-state index in [0.717, 1.165) is 16.9 Å². The fourth-order valence-electron chi connectivity index (χ4n) is 3.85. The normalized spacial score (nSPS) is 15.6. The summed E-state index contributed by atoms with van der Waals surface area (Å²) in [6, 6.07) is 14.2. The van der Waals surface area contributed by atoms with Gasteiger partial charge < -0.3 is 9.52 Å². The summed E-state index contributed by atoms with van der Waals surface area (Å²) in [6.07, 6.45) is 0. The molecule has 1 aliphatic rings. The topological polar surface area (TPSA) is 96.5 Å². The molecule has 0 radical (unpaired) electrons. The molecule has 5 rings (SSSR count). The van der Waals surface area contributed by atoms with Crippen molar-refractivity contribution in [3.63, 3.8) is 0 Å². The number of aliphatic hydroxyl groups is 1. The van der Waals surface area contributed by atoms with E-state index < -0.39 is 23.5 Å². The summed E-state index contributed by atoms with van der Waals surface area (Å²) in [7, 11) is 0. The number of thioether (sulfide) groups is 1. The second kappa shape index (κ2) is 10.5. The van der Waals surface area contributed by atoms with E-state index in [9.17, 15) is 14.7 Å². The highest BCUT2D eigenvalue weighted by atomic mass is 35.5. The molecule has 12 heteroatoms. The fourth-order valence-corrected chi connectivity index (χ4v) is 6.52. The number of carbonyl (C=O) groups excluding carboxylic acids is 2. The predicted molar refractivity (Wildman–Crippen MR) is 145 cm³/mol. The molecule has 1 unspecified atom stereocenters. The van der Waals surface area contributed by atoms with Crippen LogP contribution < -0.4 is 4.90 Å². The smallest absolute Gasteiger partial charge is 0.296 e. The molecule has 1 atom stereocenters. The number of hydrogen-bond acceptors (Lipinski definition) is 8. The van der Waals surface area contributed by atoms with Gasteiger partial charge >= 0.3 is 0 Å². The van der Waals surface area contributed by atoms with Crippen LogP contribution in [0.5, 0.6) is 0 Å². The standard InChI is InChI=1S/C25H16Cl3N3O4S2/c1-12-6-9-18(35-12)21(32)19-20(15-8-7-14(26)10-17(15)28)31(23(34)22(19)33)24-29-30-25(37-24)36-11-13-4-2-3-5-16(13)27/h2-10,20,33H,11H2,1H3. The molecule has 37 heavy (non-hydrogen) atoms. The van der Waals surface area contributed by atoms with E-state index in [-0.39, 0.29) is 21.5 Å². The molecule has 1 amide bonds. The van der Waals surface area contributed by atoms with Crippen molar-refractivity contribution < 1.29 is 19.1 Å². The Kier molecular flexibility index (Phi) is 7.33. The van der Waals surface area contributed by atoms with Crippen LogP contribution in [0.25, 0.3) is 0 Å². The second-order valence-electron chi connectivity index (χ2n) is 7.98. The summed E-state index contributed by atoms with van der Waals surface area (Å²) in [4.78, 5) is 28.0. The number of furan rings is 1. The van der Waals surface area contributed by atoms with Gasteiger partial charge in [-0.3, -0.25) is 14.5 Å². The Morgan fingerprint density at radius 1 is 1.11 bits per heavy atom. The molecule has 2 aromatic heterocycles. The van der Waals surface area contributed by atoms with E-state index >= 15 is 0 Å². The number of anilines is 1. The van der Waals surface area contributed by atoms with Crippen molar-refractivity contribution in [3.05, 3.63) is 104 Å². The van der Waals surface area contributed by atoms with Crippen LogP contribution in [0.3, 0.4) is 0 Å². The lowest BCUT2D eigenvalue weighted by Gasteiger charge is -2.24. The first kappa shape index (κ1) is 25.8. The number of amides is 1. The molecule has 0 saturated heterocycles. The molecule has 7 nitrogen and oxygen atoms in total. The molecule has 0 fully saturated rings. The second-order valence-corrected chi connectivity index (χ2v) is 11.4. The lowest BCUT2D eigenvalue weighted by atomic mass is 9.95. The van der Waals surface area contributed by atoms with Gasteiger partial charge in [-0.15, -0.1) is 10.2 Å². The van der Waals surface area contributed by atoms with E-state index in [4.69, 9.17) is 39.2 Å². The molecular formula is C25H16Cl3N3O4S2. The number of hydrogen-bond donors (Lipinski definition) is 1. The average molecular weight is 593 g/mol. The van der Waals surface area contributed by atoms with E-state index in [1.807, 2.05) is 18.2 Å². The van der Waals surface area contributed by atoms with E-state index in [1.165, 1.54) is 28.8 Å². The molecule has 1 N–H and O–H groups in total. The number of halogens is 3. The number of ketones is 1. The Morgan fingerprint density at radius 3 is 2.59 bits per heavy atom. The maximum atomic E-state index is 13.4. The first-order valence-electron chi connectivity index (χ1n) is 10.8. The monoisotopic (exact) mass is 591 g/mol. The van der Waals surface area contributed by atoms with Crippen LogP contribution in [0.15, 0.2) is 74.7 Å². The first-order valence-corrected chi connectivity index (χ1v) is 13.7. The van der Waals surface area contributed by atoms with E-state index in [0.29, 0.717) is 31.5 Å². The largest absolute Gasteiger partial charge is 0.503 e. The highest BCUT2D eigenvalue weighted by Gasteiger charge is 2.47. The van der Waals surface area contributed by atoms with Crippen molar-refractivity contribution in [2.75, 3.05) is 4.90 Å². The molecule has 0 bridgehead atoms. The minimum absolute atomic E-state index is 0.0166. The summed E-state index contributed by atoms with van der Waals surface area (Å²) in [5, 5.41) is 20.7. The SMILES string of the molecule is Cc1ccc(C(=O)C2=C(O)C(=O)N(c3nnc(SCc4ccccc4Cl)s3)C2c2ccc(Cl)cc2Cl)o1. The van der Waals surface area contributed by atoms with Crippen molar-refractivity contribution in [2.24, 2.45) is 0 Å². The number of aliphatic hydroxyl groups excluding tert-OH is 1. The van der Waals surface area contributed by atoms with Crippen LogP contribution in [-0.4, -0.2) is 27.0 Å². The first-order chi connectivity index (χ1) is 17.7. The summed E-state index contributed by atoms with van der Waals surface area (Å²) >= 11 is 21.4. The molecule has 4 aromatic rings. The minimum atomic E-state index is -1.08. The number of Topliss-reactive ketones (excluding diaryl/α,β-unsaturated/α-hetero) is 1. The zero-order valence-corrected chi connectivity index (χ0v) is 22.8. The van der Waals surface area contributed by atoms with Crippen LogP contribution in [0.2, 0.25) is 15.1 Å². The Labute approximate surface area is 234 Å². The van der Waals surface area contributed by atoms with E-state index in [1.54, 1.807) is 31.2 Å². The van der Waals surface area contributed by atoms with Crippen molar-refractivity contribution >= 4 is 74.7 Å². The summed E-state index contributed by atoms with van der Waals surface area (Å²) < 4.78 is 6.06. The highest BCUT2D eigenvalue weighted by molar-refractivity contribution is 8.00. The summed E-state index contributed by atoms with van der Waals surface area (Å²) in [5.74, 6) is -1.13. The Hall–Kier alpha value is -2.82. The summed E-state index contributed by atoms with van der Waals surface area (Å²) in [5.41, 5.74) is 1.13. The third-order valence-corrected chi connectivity index (χ3v) is 8.62. The van der Waals surface area contributed by atoms with Crippen molar-refractivity contribution in [1.29, 1.82) is 0 Å². The van der Waals surface area contributed by atoms with Crippen LogP contribution in [0.4, 0.5) is 5.13 Å². The zero-order chi connectivity index (χ0) is 26.3. The molecule has 0 aliphatic carbocycles. The van der Waals surface area contributed by atoms with Crippen LogP contribution in [0.1, 0.15) is 33.5 Å². The van der Waals surface area contributed by atoms with Crippen molar-refractivity contribution in [2.45, 2.75) is 23.1 Å². The number of nitrogens with zero attached hydrogens (tertiary/aromatic N) is 3. The van der Waals surface area contributed by atoms with E-state index in [2.05, 4.69) is 10.2 Å². The lowest BCUT2D eigenvalue weighted by Crippen LogP contribution is -2.31. The van der Waals surface area contributed by atoms with Crippen LogP contribution >= 0.6 is 57.9 Å². The quantitative estimate of drug-likeness (QED) is 0.135. The van der Waals surface area contributed by atoms with Crippen LogP contribution in [-0.2, 0) is 10.5 Å². The maximum absolute atomic E-state index is 13.4. The number of aryl methyl sites for hydroxylation is 1. The Balaban J connectivity index is 1.53. The number of rotatable bonds is 7. The maximum Gasteiger partial charge on any atom is 0.296 e. The molecule has 188 valence electrons. The van der Waals surface area contributed by atoms with Gasteiger partial charge in [0, 0.05) is 20.8 Å². The number of carbonyl (C=O) groups is 2. The Morgan fingerprint density at radius 2 is 1.89 bits per heavy atom. The number of benzene rings is 2. The van der Waals surface area contributed by atoms with Gasteiger partial charge in [0.1, 0.15) is 5.76 Å². The molecule has 2 aromatic carbocycles. The van der Waals surface area contributed by atoms with Gasteiger partial charge in [-0.1, -0.05) is 82.2 Å². The van der Waals surface area contributed by atoms with Gasteiger partial charge in [-0.2, -0.15) is 0 Å². The fraction of sp³-hybridized carbons (Fsp3) is 0.120. The van der Waals surface area contributed by atoms with Crippen molar-refractivity contribution in [3.8, 4) is 0 Å². The molecule has 1 aliphatic heterocycles. The van der Waals surface area contributed by atoms with Gasteiger partial charge in [0.15, 0.2) is 15.9 Å². The molecule has 0 saturated carbocycles. The third-order valence-electron chi connectivity index (χ3n) is 5.58. The number of aromatic nitrogens is 2.